The zero-order chi connectivity index (χ0) is 15.5. The molecule has 1 amide bonds. The summed E-state index contributed by atoms with van der Waals surface area (Å²) < 4.78 is 4.06. The van der Waals surface area contributed by atoms with Gasteiger partial charge in [-0.3, -0.25) is 4.79 Å². The Bertz CT molecular complexity index is 575. The van der Waals surface area contributed by atoms with Crippen LogP contribution in [0.1, 0.15) is 43.7 Å². The third kappa shape index (κ3) is 1.85. The zero-order valence-electron chi connectivity index (χ0n) is 12.6. The Hall–Kier alpha value is -1.43. The summed E-state index contributed by atoms with van der Waals surface area (Å²) >= 11 is 1.06. The van der Waals surface area contributed by atoms with Crippen LogP contribution in [0.5, 0.6) is 0 Å². The predicted octanol–water partition coefficient (Wildman–Crippen LogP) is 2.79. The maximum absolute atomic E-state index is 12.6. The lowest BCUT2D eigenvalue weighted by Gasteiger charge is -2.17. The summed E-state index contributed by atoms with van der Waals surface area (Å²) in [6.45, 7) is 9.92. The van der Waals surface area contributed by atoms with Gasteiger partial charge in [0.25, 0.3) is 0 Å². The van der Waals surface area contributed by atoms with E-state index in [1.54, 1.807) is 14.0 Å². The van der Waals surface area contributed by atoms with Crippen LogP contribution < -0.4 is 4.90 Å². The first-order valence-corrected chi connectivity index (χ1v) is 7.28. The molecular weight excluding hydrogens is 276 g/mol. The SMILES string of the molecule is Cc1nsc(N(C)C(=O)C2C(C)(C)C2(C)C)c1C(=O)O. The van der Waals surface area contributed by atoms with E-state index in [0.717, 1.165) is 11.5 Å². The minimum Gasteiger partial charge on any atom is -0.478 e. The molecule has 0 aliphatic heterocycles. The number of aryl methyl sites for hydroxylation is 1. The molecule has 6 heteroatoms. The number of aromatic carboxylic acids is 1. The van der Waals surface area contributed by atoms with E-state index in [9.17, 15) is 14.7 Å². The summed E-state index contributed by atoms with van der Waals surface area (Å²) in [4.78, 5) is 25.4. The molecule has 0 bridgehead atoms. The van der Waals surface area contributed by atoms with E-state index in [4.69, 9.17) is 0 Å². The number of hydrogen-bond donors (Lipinski definition) is 1. The fourth-order valence-electron chi connectivity index (χ4n) is 2.94. The molecule has 20 heavy (non-hydrogen) atoms. The number of anilines is 1. The number of carboxylic acids is 1. The Labute approximate surface area is 122 Å². The number of carbonyl (C=O) groups excluding carboxylic acids is 1. The van der Waals surface area contributed by atoms with Crippen molar-refractivity contribution in [2.24, 2.45) is 16.7 Å². The monoisotopic (exact) mass is 296 g/mol. The Kier molecular flexibility index (Phi) is 3.20. The maximum Gasteiger partial charge on any atom is 0.340 e. The van der Waals surface area contributed by atoms with Gasteiger partial charge in [0.15, 0.2) is 0 Å². The molecule has 110 valence electrons. The minimum absolute atomic E-state index is 0.0360. The Morgan fingerprint density at radius 1 is 1.25 bits per heavy atom. The first-order chi connectivity index (χ1) is 9.03. The number of hydrogen-bond acceptors (Lipinski definition) is 4. The van der Waals surface area contributed by atoms with Gasteiger partial charge in [0.05, 0.1) is 5.69 Å². The predicted molar refractivity (Wildman–Crippen MR) is 78.3 cm³/mol. The molecule has 1 N–H and O–H groups in total. The number of amides is 1. The van der Waals surface area contributed by atoms with Crippen LogP contribution in [-0.4, -0.2) is 28.4 Å². The van der Waals surface area contributed by atoms with Gasteiger partial charge in [-0.2, -0.15) is 4.37 Å². The quantitative estimate of drug-likeness (QED) is 0.931. The van der Waals surface area contributed by atoms with Crippen LogP contribution in [0.2, 0.25) is 0 Å². The molecule has 1 aliphatic rings. The van der Waals surface area contributed by atoms with Crippen molar-refractivity contribution >= 4 is 28.4 Å². The number of rotatable bonds is 3. The second-order valence-corrected chi connectivity index (χ2v) is 7.28. The van der Waals surface area contributed by atoms with Gasteiger partial charge >= 0.3 is 5.97 Å². The molecule has 2 rings (SSSR count). The van der Waals surface area contributed by atoms with E-state index in [-0.39, 0.29) is 28.2 Å². The van der Waals surface area contributed by atoms with Crippen LogP contribution >= 0.6 is 11.5 Å². The van der Waals surface area contributed by atoms with Crippen molar-refractivity contribution in [3.05, 3.63) is 11.3 Å². The molecule has 1 saturated carbocycles. The van der Waals surface area contributed by atoms with Gasteiger partial charge in [-0.05, 0) is 29.3 Å². The van der Waals surface area contributed by atoms with Gasteiger partial charge in [0, 0.05) is 13.0 Å². The molecule has 0 spiro atoms. The molecular formula is C14H20N2O3S. The van der Waals surface area contributed by atoms with Gasteiger partial charge in [-0.15, -0.1) is 0 Å². The Morgan fingerprint density at radius 3 is 2.15 bits per heavy atom. The van der Waals surface area contributed by atoms with Gasteiger partial charge in [-0.25, -0.2) is 4.79 Å². The summed E-state index contributed by atoms with van der Waals surface area (Å²) in [6, 6.07) is 0. The first-order valence-electron chi connectivity index (χ1n) is 6.50. The van der Waals surface area contributed by atoms with Crippen LogP contribution in [-0.2, 0) is 4.79 Å². The summed E-state index contributed by atoms with van der Waals surface area (Å²) in [7, 11) is 1.63. The highest BCUT2D eigenvalue weighted by molar-refractivity contribution is 7.11. The maximum atomic E-state index is 12.6. The second kappa shape index (κ2) is 4.28. The number of aromatic nitrogens is 1. The minimum atomic E-state index is -1.04. The zero-order valence-corrected chi connectivity index (χ0v) is 13.5. The molecule has 0 saturated heterocycles. The molecule has 1 aromatic rings. The van der Waals surface area contributed by atoms with E-state index in [2.05, 4.69) is 32.1 Å². The van der Waals surface area contributed by atoms with Crippen LogP contribution in [0.4, 0.5) is 5.00 Å². The average molecular weight is 296 g/mol. The van der Waals surface area contributed by atoms with Gasteiger partial charge < -0.3 is 10.0 Å². The molecule has 1 heterocycles. The highest BCUT2D eigenvalue weighted by Gasteiger charge is 2.68. The van der Waals surface area contributed by atoms with E-state index in [0.29, 0.717) is 10.7 Å². The number of carbonyl (C=O) groups is 2. The molecule has 0 aromatic carbocycles. The van der Waals surface area contributed by atoms with Crippen molar-refractivity contribution in [2.45, 2.75) is 34.6 Å². The highest BCUT2D eigenvalue weighted by atomic mass is 32.1. The third-order valence-electron chi connectivity index (χ3n) is 4.96. The summed E-state index contributed by atoms with van der Waals surface area (Å²) in [6.07, 6.45) is 0. The van der Waals surface area contributed by atoms with Gasteiger partial charge in [0.2, 0.25) is 5.91 Å². The van der Waals surface area contributed by atoms with E-state index >= 15 is 0 Å². The van der Waals surface area contributed by atoms with Crippen LogP contribution in [0.3, 0.4) is 0 Å². The lowest BCUT2D eigenvalue weighted by Crippen LogP contribution is -2.30. The molecule has 1 aliphatic carbocycles. The van der Waals surface area contributed by atoms with Crippen LogP contribution in [0.25, 0.3) is 0 Å². The third-order valence-corrected chi connectivity index (χ3v) is 5.98. The first kappa shape index (κ1) is 15.0. The topological polar surface area (TPSA) is 70.5 Å². The highest BCUT2D eigenvalue weighted by Crippen LogP contribution is 2.68. The largest absolute Gasteiger partial charge is 0.478 e. The smallest absolute Gasteiger partial charge is 0.340 e. The summed E-state index contributed by atoms with van der Waals surface area (Å²) in [5, 5.41) is 9.67. The van der Waals surface area contributed by atoms with E-state index in [1.807, 2.05) is 0 Å². The van der Waals surface area contributed by atoms with Crippen LogP contribution in [0.15, 0.2) is 0 Å². The van der Waals surface area contributed by atoms with Crippen molar-refractivity contribution in [1.29, 1.82) is 0 Å². The fourth-order valence-corrected chi connectivity index (χ4v) is 3.79. The van der Waals surface area contributed by atoms with E-state index < -0.39 is 5.97 Å². The molecule has 1 aromatic heterocycles. The van der Waals surface area contributed by atoms with Gasteiger partial charge in [0.1, 0.15) is 10.6 Å². The summed E-state index contributed by atoms with van der Waals surface area (Å²) in [5.41, 5.74) is 0.441. The molecule has 0 radical (unpaired) electrons. The lowest BCUT2D eigenvalue weighted by atomic mass is 10.0. The van der Waals surface area contributed by atoms with Crippen molar-refractivity contribution in [1.82, 2.24) is 4.37 Å². The van der Waals surface area contributed by atoms with Crippen molar-refractivity contribution in [3.63, 3.8) is 0 Å². The van der Waals surface area contributed by atoms with E-state index in [1.165, 1.54) is 4.90 Å². The molecule has 0 unspecified atom stereocenters. The molecule has 1 fully saturated rings. The standard InChI is InChI=1S/C14H20N2O3S/c1-7-8(12(18)19)11(20-15-7)16(6)10(17)9-13(2,3)14(9,4)5/h9H,1-6H3,(H,18,19). The summed E-state index contributed by atoms with van der Waals surface area (Å²) in [5.74, 6) is -1.17. The number of nitrogens with zero attached hydrogens (tertiary/aromatic N) is 2. The van der Waals surface area contributed by atoms with Crippen LogP contribution in [0, 0.1) is 23.7 Å². The van der Waals surface area contributed by atoms with Crippen molar-refractivity contribution < 1.29 is 14.7 Å². The molecule has 0 atom stereocenters. The Balaban J connectivity index is 2.32. The molecule has 5 nitrogen and oxygen atoms in total. The number of carboxylic acid groups (broad SMARTS) is 1. The Morgan fingerprint density at radius 2 is 1.75 bits per heavy atom. The normalized spacial score (nSPS) is 19.7. The van der Waals surface area contributed by atoms with Gasteiger partial charge in [-0.1, -0.05) is 27.7 Å². The lowest BCUT2D eigenvalue weighted by molar-refractivity contribution is -0.120. The van der Waals surface area contributed by atoms with Crippen molar-refractivity contribution in [2.75, 3.05) is 11.9 Å². The van der Waals surface area contributed by atoms with Crippen molar-refractivity contribution in [3.8, 4) is 0 Å². The average Bonchev–Trinajstić information content (AvgIpc) is 2.61. The second-order valence-electron chi connectivity index (χ2n) is 6.53. The fraction of sp³-hybridized carbons (Fsp3) is 0.643.